The minimum absolute atomic E-state index is 0.0763. The van der Waals surface area contributed by atoms with Crippen LogP contribution < -0.4 is 14.2 Å². The van der Waals surface area contributed by atoms with E-state index in [1.165, 1.54) is 7.11 Å². The number of fused-ring (bicyclic) bond motifs is 1. The largest absolute Gasteiger partial charge is 0.477 e. The van der Waals surface area contributed by atoms with E-state index in [1.54, 1.807) is 28.2 Å². The van der Waals surface area contributed by atoms with Crippen molar-refractivity contribution in [1.82, 2.24) is 24.6 Å². The summed E-state index contributed by atoms with van der Waals surface area (Å²) in [6, 6.07) is 0. The van der Waals surface area contributed by atoms with Gasteiger partial charge in [0.15, 0.2) is 0 Å². The molecule has 0 N–H and O–H groups in total. The predicted octanol–water partition coefficient (Wildman–Crippen LogP) is 1.15. The minimum atomic E-state index is -0.161. The van der Waals surface area contributed by atoms with Gasteiger partial charge in [-0.3, -0.25) is 4.79 Å². The maximum atomic E-state index is 12.9. The molecule has 0 aromatic carbocycles. The van der Waals surface area contributed by atoms with Crippen molar-refractivity contribution in [1.29, 1.82) is 0 Å². The van der Waals surface area contributed by atoms with Gasteiger partial charge in [0, 0.05) is 31.9 Å². The van der Waals surface area contributed by atoms with E-state index in [2.05, 4.69) is 15.1 Å². The molecule has 0 aliphatic carbocycles. The summed E-state index contributed by atoms with van der Waals surface area (Å²) >= 11 is 0. The number of hydrogen-bond acceptors (Lipinski definition) is 7. The van der Waals surface area contributed by atoms with Crippen molar-refractivity contribution in [2.24, 2.45) is 0 Å². The SMILES string of the molecule is COc1nccnc1O[C@@H]1CCCN(C(=O)c2cnn3c2OCCC3)C1. The molecule has 4 rings (SSSR count). The molecule has 1 saturated heterocycles. The van der Waals surface area contributed by atoms with Crippen LogP contribution in [0.5, 0.6) is 17.6 Å². The molecule has 2 aromatic rings. The Labute approximate surface area is 150 Å². The number of nitrogens with zero attached hydrogens (tertiary/aromatic N) is 5. The standard InChI is InChI=1S/C17H21N5O4/c1-24-14-15(19-6-5-18-14)26-12-4-2-7-21(11-12)16(23)13-10-20-22-8-3-9-25-17(13)22/h5-6,10,12H,2-4,7-9,11H2,1H3/t12-/m1/s1. The number of amides is 1. The second-order valence-corrected chi connectivity index (χ2v) is 6.29. The Kier molecular flexibility index (Phi) is 4.59. The maximum Gasteiger partial charge on any atom is 0.278 e. The molecular formula is C17H21N5O4. The number of rotatable bonds is 4. The first-order chi connectivity index (χ1) is 12.8. The normalized spacial score (nSPS) is 19.4. The van der Waals surface area contributed by atoms with E-state index in [0.29, 0.717) is 42.9 Å². The number of piperidine rings is 1. The van der Waals surface area contributed by atoms with Crippen LogP contribution in [0.15, 0.2) is 18.6 Å². The molecule has 4 heterocycles. The van der Waals surface area contributed by atoms with Crippen LogP contribution in [0.1, 0.15) is 29.6 Å². The van der Waals surface area contributed by atoms with E-state index in [-0.39, 0.29) is 12.0 Å². The molecule has 2 aromatic heterocycles. The number of carbonyl (C=O) groups is 1. The van der Waals surface area contributed by atoms with Crippen LogP contribution in [0.4, 0.5) is 0 Å². The number of hydrogen-bond donors (Lipinski definition) is 0. The summed E-state index contributed by atoms with van der Waals surface area (Å²) in [5.41, 5.74) is 0.516. The highest BCUT2D eigenvalue weighted by Gasteiger charge is 2.30. The van der Waals surface area contributed by atoms with Crippen LogP contribution in [0.3, 0.4) is 0 Å². The smallest absolute Gasteiger partial charge is 0.278 e. The summed E-state index contributed by atoms with van der Waals surface area (Å²) in [5, 5.41) is 4.26. The number of aromatic nitrogens is 4. The average Bonchev–Trinajstić information content (AvgIpc) is 3.12. The highest BCUT2D eigenvalue weighted by molar-refractivity contribution is 5.96. The Morgan fingerprint density at radius 1 is 1.23 bits per heavy atom. The van der Waals surface area contributed by atoms with E-state index < -0.39 is 0 Å². The molecule has 1 amide bonds. The molecule has 0 radical (unpaired) electrons. The average molecular weight is 359 g/mol. The van der Waals surface area contributed by atoms with Crippen LogP contribution in [0, 0.1) is 0 Å². The summed E-state index contributed by atoms with van der Waals surface area (Å²) in [6.45, 7) is 2.55. The molecule has 1 atom stereocenters. The number of carbonyl (C=O) groups excluding carboxylic acids is 1. The maximum absolute atomic E-state index is 12.9. The van der Waals surface area contributed by atoms with Gasteiger partial charge < -0.3 is 19.1 Å². The molecular weight excluding hydrogens is 338 g/mol. The number of likely N-dealkylation sites (tertiary alicyclic amines) is 1. The van der Waals surface area contributed by atoms with Crippen molar-refractivity contribution < 1.29 is 19.0 Å². The van der Waals surface area contributed by atoms with Crippen LogP contribution in [0.2, 0.25) is 0 Å². The van der Waals surface area contributed by atoms with Crippen LogP contribution in [0.25, 0.3) is 0 Å². The zero-order valence-electron chi connectivity index (χ0n) is 14.6. The van der Waals surface area contributed by atoms with Crippen molar-refractivity contribution in [3.05, 3.63) is 24.2 Å². The number of ether oxygens (including phenoxy) is 3. The quantitative estimate of drug-likeness (QED) is 0.808. The zero-order chi connectivity index (χ0) is 17.9. The molecule has 0 bridgehead atoms. The van der Waals surface area contributed by atoms with Crippen molar-refractivity contribution in [2.45, 2.75) is 31.9 Å². The second-order valence-electron chi connectivity index (χ2n) is 6.29. The minimum Gasteiger partial charge on any atom is -0.477 e. The molecule has 2 aliphatic rings. The summed E-state index contributed by atoms with van der Waals surface area (Å²) in [5.74, 6) is 1.18. The number of methoxy groups -OCH3 is 1. The molecule has 2 aliphatic heterocycles. The van der Waals surface area contributed by atoms with Gasteiger partial charge in [-0.05, 0) is 12.8 Å². The lowest BCUT2D eigenvalue weighted by Crippen LogP contribution is -2.44. The van der Waals surface area contributed by atoms with Gasteiger partial charge in [-0.15, -0.1) is 0 Å². The number of aryl methyl sites for hydroxylation is 1. The molecule has 9 heteroatoms. The van der Waals surface area contributed by atoms with Crippen LogP contribution in [-0.4, -0.2) is 63.5 Å². The van der Waals surface area contributed by atoms with E-state index in [1.807, 2.05) is 0 Å². The third-order valence-electron chi connectivity index (χ3n) is 4.54. The summed E-state index contributed by atoms with van der Waals surface area (Å²) in [6.07, 6.45) is 7.13. The van der Waals surface area contributed by atoms with Gasteiger partial charge in [0.25, 0.3) is 17.7 Å². The van der Waals surface area contributed by atoms with Gasteiger partial charge in [0.1, 0.15) is 11.7 Å². The summed E-state index contributed by atoms with van der Waals surface area (Å²) < 4.78 is 18.5. The monoisotopic (exact) mass is 359 g/mol. The highest BCUT2D eigenvalue weighted by Crippen LogP contribution is 2.27. The molecule has 0 saturated carbocycles. The Bertz CT molecular complexity index is 793. The lowest BCUT2D eigenvalue weighted by Gasteiger charge is -2.32. The Morgan fingerprint density at radius 3 is 2.92 bits per heavy atom. The van der Waals surface area contributed by atoms with E-state index in [9.17, 15) is 4.79 Å². The molecule has 26 heavy (non-hydrogen) atoms. The summed E-state index contributed by atoms with van der Waals surface area (Å²) in [7, 11) is 1.52. The van der Waals surface area contributed by atoms with Crippen molar-refractivity contribution in [2.75, 3.05) is 26.8 Å². The van der Waals surface area contributed by atoms with Crippen molar-refractivity contribution >= 4 is 5.91 Å². The van der Waals surface area contributed by atoms with E-state index in [4.69, 9.17) is 14.2 Å². The second kappa shape index (κ2) is 7.19. The zero-order valence-corrected chi connectivity index (χ0v) is 14.6. The Balaban J connectivity index is 1.46. The molecule has 9 nitrogen and oxygen atoms in total. The van der Waals surface area contributed by atoms with Crippen LogP contribution in [-0.2, 0) is 6.54 Å². The van der Waals surface area contributed by atoms with Gasteiger partial charge in [-0.2, -0.15) is 5.10 Å². The fourth-order valence-corrected chi connectivity index (χ4v) is 3.30. The van der Waals surface area contributed by atoms with Crippen LogP contribution >= 0.6 is 0 Å². The highest BCUT2D eigenvalue weighted by atomic mass is 16.5. The lowest BCUT2D eigenvalue weighted by atomic mass is 10.1. The van der Waals surface area contributed by atoms with E-state index in [0.717, 1.165) is 25.8 Å². The van der Waals surface area contributed by atoms with Gasteiger partial charge in [0.2, 0.25) is 5.88 Å². The lowest BCUT2D eigenvalue weighted by molar-refractivity contribution is 0.0514. The first kappa shape index (κ1) is 16.6. The summed E-state index contributed by atoms with van der Waals surface area (Å²) in [4.78, 5) is 23.0. The fraction of sp³-hybridized carbons (Fsp3) is 0.529. The molecule has 0 unspecified atom stereocenters. The third kappa shape index (κ3) is 3.16. The molecule has 1 fully saturated rings. The third-order valence-corrected chi connectivity index (χ3v) is 4.54. The molecule has 0 spiro atoms. The molecule has 138 valence electrons. The van der Waals surface area contributed by atoms with Crippen molar-refractivity contribution in [3.8, 4) is 17.6 Å². The first-order valence-corrected chi connectivity index (χ1v) is 8.76. The first-order valence-electron chi connectivity index (χ1n) is 8.76. The van der Waals surface area contributed by atoms with Gasteiger partial charge in [0.05, 0.1) is 26.5 Å². The topological polar surface area (TPSA) is 91.6 Å². The van der Waals surface area contributed by atoms with E-state index >= 15 is 0 Å². The Hall–Kier alpha value is -2.84. The Morgan fingerprint density at radius 2 is 2.08 bits per heavy atom. The van der Waals surface area contributed by atoms with Gasteiger partial charge >= 0.3 is 0 Å². The fourth-order valence-electron chi connectivity index (χ4n) is 3.30. The van der Waals surface area contributed by atoms with Crippen molar-refractivity contribution in [3.63, 3.8) is 0 Å². The predicted molar refractivity (Wildman–Crippen MR) is 90.5 cm³/mol. The van der Waals surface area contributed by atoms with Gasteiger partial charge in [-0.25, -0.2) is 14.6 Å². The van der Waals surface area contributed by atoms with Gasteiger partial charge in [-0.1, -0.05) is 0 Å².